The summed E-state index contributed by atoms with van der Waals surface area (Å²) >= 11 is 0. The van der Waals surface area contributed by atoms with Crippen LogP contribution in [0, 0.1) is 0 Å². The first-order valence-corrected chi connectivity index (χ1v) is 5.11. The summed E-state index contributed by atoms with van der Waals surface area (Å²) in [5.41, 5.74) is 0. The molecule has 2 nitrogen and oxygen atoms in total. The molecule has 0 fully saturated rings. The molecule has 0 aromatic carbocycles. The maximum absolute atomic E-state index is 3.17. The van der Waals surface area contributed by atoms with Gasteiger partial charge < -0.3 is 10.2 Å². The monoisotopic (exact) mass is 172 g/mol. The molecule has 0 rings (SSSR count). The van der Waals surface area contributed by atoms with Crippen molar-refractivity contribution >= 4 is 0 Å². The molecule has 74 valence electrons. The summed E-state index contributed by atoms with van der Waals surface area (Å²) in [7, 11) is 2.01. The normalized spacial score (nSPS) is 11.5. The average Bonchev–Trinajstić information content (AvgIpc) is 2.04. The lowest BCUT2D eigenvalue weighted by Gasteiger charge is -2.24. The van der Waals surface area contributed by atoms with E-state index in [0.717, 1.165) is 6.54 Å². The van der Waals surface area contributed by atoms with Gasteiger partial charge in [-0.1, -0.05) is 6.92 Å². The number of hydrogen-bond acceptors (Lipinski definition) is 2. The number of unbranched alkanes of at least 4 members (excludes halogenated alkanes) is 1. The summed E-state index contributed by atoms with van der Waals surface area (Å²) in [6, 6.07) is 0.699. The van der Waals surface area contributed by atoms with E-state index in [0.29, 0.717) is 6.04 Å². The molecule has 0 saturated carbocycles. The van der Waals surface area contributed by atoms with Crippen molar-refractivity contribution in [2.24, 2.45) is 0 Å². The predicted octanol–water partition coefficient (Wildman–Crippen LogP) is 1.72. The van der Waals surface area contributed by atoms with Crippen molar-refractivity contribution in [2.45, 2.75) is 39.7 Å². The van der Waals surface area contributed by atoms with Crippen molar-refractivity contribution in [1.82, 2.24) is 10.2 Å². The second-order valence-electron chi connectivity index (χ2n) is 3.53. The topological polar surface area (TPSA) is 15.3 Å². The highest BCUT2D eigenvalue weighted by Crippen LogP contribution is 2.00. The van der Waals surface area contributed by atoms with Gasteiger partial charge in [-0.15, -0.1) is 0 Å². The molecular weight excluding hydrogens is 148 g/mol. The highest BCUT2D eigenvalue weighted by atomic mass is 15.1. The molecule has 0 radical (unpaired) electrons. The van der Waals surface area contributed by atoms with Gasteiger partial charge in [0, 0.05) is 6.04 Å². The molecule has 0 bridgehead atoms. The van der Waals surface area contributed by atoms with Crippen LogP contribution in [0.15, 0.2) is 0 Å². The van der Waals surface area contributed by atoms with Gasteiger partial charge in [0.05, 0.1) is 0 Å². The summed E-state index contributed by atoms with van der Waals surface area (Å²) in [6.07, 6.45) is 2.60. The Kier molecular flexibility index (Phi) is 7.51. The SMILES string of the molecule is CCN(CCCCNC)C(C)C. The van der Waals surface area contributed by atoms with Crippen LogP contribution in [0.25, 0.3) is 0 Å². The quantitative estimate of drug-likeness (QED) is 0.588. The van der Waals surface area contributed by atoms with Crippen LogP contribution < -0.4 is 5.32 Å². The lowest BCUT2D eigenvalue weighted by molar-refractivity contribution is 0.229. The molecule has 0 aliphatic rings. The minimum atomic E-state index is 0.699. The van der Waals surface area contributed by atoms with Gasteiger partial charge in [-0.3, -0.25) is 0 Å². The van der Waals surface area contributed by atoms with Crippen LogP contribution in [0.5, 0.6) is 0 Å². The molecule has 1 N–H and O–H groups in total. The molecule has 0 heterocycles. The van der Waals surface area contributed by atoms with Crippen molar-refractivity contribution in [3.05, 3.63) is 0 Å². The molecule has 0 unspecified atom stereocenters. The zero-order valence-electron chi connectivity index (χ0n) is 9.06. The van der Waals surface area contributed by atoms with E-state index >= 15 is 0 Å². The Morgan fingerprint density at radius 2 is 1.92 bits per heavy atom. The molecule has 0 aliphatic heterocycles. The molecule has 0 aromatic heterocycles. The summed E-state index contributed by atoms with van der Waals surface area (Å²) < 4.78 is 0. The van der Waals surface area contributed by atoms with Gasteiger partial charge in [-0.2, -0.15) is 0 Å². The van der Waals surface area contributed by atoms with E-state index in [1.807, 2.05) is 7.05 Å². The first-order chi connectivity index (χ1) is 5.72. The van der Waals surface area contributed by atoms with Gasteiger partial charge in [0.15, 0.2) is 0 Å². The standard InChI is InChI=1S/C10H24N2/c1-5-12(10(2)3)9-7-6-8-11-4/h10-11H,5-9H2,1-4H3. The summed E-state index contributed by atoms with van der Waals surface area (Å²) in [5.74, 6) is 0. The smallest absolute Gasteiger partial charge is 0.00384 e. The first kappa shape index (κ1) is 11.9. The van der Waals surface area contributed by atoms with Gasteiger partial charge >= 0.3 is 0 Å². The number of rotatable bonds is 7. The third-order valence-electron chi connectivity index (χ3n) is 2.26. The maximum atomic E-state index is 3.17. The Balaban J connectivity index is 3.32. The first-order valence-electron chi connectivity index (χ1n) is 5.11. The van der Waals surface area contributed by atoms with Crippen molar-refractivity contribution in [3.63, 3.8) is 0 Å². The zero-order chi connectivity index (χ0) is 9.40. The zero-order valence-corrected chi connectivity index (χ0v) is 9.06. The summed E-state index contributed by atoms with van der Waals surface area (Å²) in [5, 5.41) is 3.17. The number of hydrogen-bond donors (Lipinski definition) is 1. The third-order valence-corrected chi connectivity index (χ3v) is 2.26. The molecule has 0 atom stereocenters. The van der Waals surface area contributed by atoms with Crippen LogP contribution in [0.4, 0.5) is 0 Å². The van der Waals surface area contributed by atoms with E-state index in [4.69, 9.17) is 0 Å². The van der Waals surface area contributed by atoms with E-state index in [-0.39, 0.29) is 0 Å². The molecule has 12 heavy (non-hydrogen) atoms. The molecule has 0 spiro atoms. The Morgan fingerprint density at radius 1 is 1.25 bits per heavy atom. The van der Waals surface area contributed by atoms with Crippen molar-refractivity contribution < 1.29 is 0 Å². The van der Waals surface area contributed by atoms with E-state index in [1.165, 1.54) is 25.9 Å². The lowest BCUT2D eigenvalue weighted by Crippen LogP contribution is -2.31. The maximum Gasteiger partial charge on any atom is 0.00384 e. The van der Waals surface area contributed by atoms with Crippen LogP contribution in [-0.2, 0) is 0 Å². The molecule has 0 amide bonds. The Labute approximate surface area is 77.3 Å². The van der Waals surface area contributed by atoms with Gasteiger partial charge in [-0.05, 0) is 53.4 Å². The van der Waals surface area contributed by atoms with Crippen LogP contribution in [0.1, 0.15) is 33.6 Å². The number of nitrogens with zero attached hydrogens (tertiary/aromatic N) is 1. The fourth-order valence-corrected chi connectivity index (χ4v) is 1.40. The second kappa shape index (κ2) is 7.56. The Hall–Kier alpha value is -0.0800. The second-order valence-corrected chi connectivity index (χ2v) is 3.53. The average molecular weight is 172 g/mol. The Bertz CT molecular complexity index is 91.8. The highest BCUT2D eigenvalue weighted by Gasteiger charge is 2.04. The molecule has 2 heteroatoms. The predicted molar refractivity (Wildman–Crippen MR) is 55.5 cm³/mol. The molecule has 0 saturated heterocycles. The van der Waals surface area contributed by atoms with Crippen LogP contribution in [0.3, 0.4) is 0 Å². The minimum Gasteiger partial charge on any atom is -0.320 e. The van der Waals surface area contributed by atoms with Crippen LogP contribution in [-0.4, -0.2) is 37.6 Å². The minimum absolute atomic E-state index is 0.699. The van der Waals surface area contributed by atoms with E-state index < -0.39 is 0 Å². The van der Waals surface area contributed by atoms with Gasteiger partial charge in [0.25, 0.3) is 0 Å². The molecular formula is C10H24N2. The summed E-state index contributed by atoms with van der Waals surface area (Å²) in [4.78, 5) is 2.51. The fourth-order valence-electron chi connectivity index (χ4n) is 1.40. The van der Waals surface area contributed by atoms with Crippen molar-refractivity contribution in [1.29, 1.82) is 0 Å². The van der Waals surface area contributed by atoms with Crippen LogP contribution in [0.2, 0.25) is 0 Å². The van der Waals surface area contributed by atoms with E-state index in [1.54, 1.807) is 0 Å². The molecule has 0 aromatic rings. The van der Waals surface area contributed by atoms with Gasteiger partial charge in [0.1, 0.15) is 0 Å². The molecule has 0 aliphatic carbocycles. The lowest BCUT2D eigenvalue weighted by atomic mass is 10.2. The van der Waals surface area contributed by atoms with E-state index in [9.17, 15) is 0 Å². The van der Waals surface area contributed by atoms with Crippen LogP contribution >= 0.6 is 0 Å². The highest BCUT2D eigenvalue weighted by molar-refractivity contribution is 4.60. The fraction of sp³-hybridized carbons (Fsp3) is 1.00. The van der Waals surface area contributed by atoms with Crippen molar-refractivity contribution in [3.8, 4) is 0 Å². The van der Waals surface area contributed by atoms with E-state index in [2.05, 4.69) is 31.0 Å². The van der Waals surface area contributed by atoms with Crippen molar-refractivity contribution in [2.75, 3.05) is 26.7 Å². The van der Waals surface area contributed by atoms with Gasteiger partial charge in [-0.25, -0.2) is 0 Å². The number of nitrogens with one attached hydrogen (secondary N) is 1. The largest absolute Gasteiger partial charge is 0.320 e. The Morgan fingerprint density at radius 3 is 2.33 bits per heavy atom. The van der Waals surface area contributed by atoms with Gasteiger partial charge in [0.2, 0.25) is 0 Å². The third kappa shape index (κ3) is 5.56. The summed E-state index contributed by atoms with van der Waals surface area (Å²) in [6.45, 7) is 10.3.